The zero-order valence-corrected chi connectivity index (χ0v) is 41.2. The largest absolute Gasteiger partial charge is 0.341 e. The van der Waals surface area contributed by atoms with Gasteiger partial charge in [-0.3, -0.25) is 0 Å². The molecule has 0 radical (unpaired) electrons. The van der Waals surface area contributed by atoms with Crippen molar-refractivity contribution in [3.05, 3.63) is 179 Å². The molecule has 0 amide bonds. The Hall–Kier alpha value is -6.90. The maximum Gasteiger partial charge on any atom is 0.0491 e. The Bertz CT molecular complexity index is 3720. The third-order valence-electron chi connectivity index (χ3n) is 15.3. The monoisotopic (exact) mass is 870 g/mol. The minimum absolute atomic E-state index is 0.0841. The summed E-state index contributed by atoms with van der Waals surface area (Å²) in [4.78, 5) is 0. The molecule has 0 N–H and O–H groups in total. The van der Waals surface area contributed by atoms with Gasteiger partial charge < -0.3 is 9.13 Å². The van der Waals surface area contributed by atoms with E-state index in [1.807, 2.05) is 0 Å². The predicted molar refractivity (Wildman–Crippen MR) is 292 cm³/mol. The van der Waals surface area contributed by atoms with Gasteiger partial charge in [0.05, 0.1) is 0 Å². The molecule has 11 rings (SSSR count). The molecule has 0 aliphatic rings. The van der Waals surface area contributed by atoms with E-state index >= 15 is 0 Å². The first-order valence-electron chi connectivity index (χ1n) is 24.5. The van der Waals surface area contributed by atoms with Gasteiger partial charge in [-0.05, 0) is 201 Å². The summed E-state index contributed by atoms with van der Waals surface area (Å²) in [6, 6.07) is 56.7. The summed E-state index contributed by atoms with van der Waals surface area (Å²) in [6.45, 7) is 26.9. The van der Waals surface area contributed by atoms with Crippen LogP contribution in [0, 0.1) is 27.7 Å². The number of aryl methyl sites for hydroxylation is 6. The molecule has 2 heterocycles. The molecule has 0 saturated heterocycles. The van der Waals surface area contributed by atoms with E-state index in [9.17, 15) is 0 Å². The average Bonchev–Trinajstić information content (AvgIpc) is 3.82. The van der Waals surface area contributed by atoms with Crippen molar-refractivity contribution in [2.45, 2.75) is 101 Å². The molecule has 11 aromatic rings. The lowest BCUT2D eigenvalue weighted by Crippen LogP contribution is -2.10. The minimum Gasteiger partial charge on any atom is -0.341 e. The zero-order valence-electron chi connectivity index (χ0n) is 41.2. The van der Waals surface area contributed by atoms with Crippen molar-refractivity contribution in [3.63, 3.8) is 0 Å². The van der Waals surface area contributed by atoms with Gasteiger partial charge in [-0.2, -0.15) is 0 Å². The van der Waals surface area contributed by atoms with Crippen molar-refractivity contribution in [1.29, 1.82) is 0 Å². The Labute approximate surface area is 396 Å². The van der Waals surface area contributed by atoms with Crippen molar-refractivity contribution in [2.75, 3.05) is 0 Å². The van der Waals surface area contributed by atoms with Gasteiger partial charge in [0.15, 0.2) is 0 Å². The lowest BCUT2D eigenvalue weighted by atomic mass is 9.83. The molecule has 0 atom stereocenters. The quantitative estimate of drug-likeness (QED) is 0.141. The van der Waals surface area contributed by atoms with E-state index in [4.69, 9.17) is 0 Å². The Kier molecular flexibility index (Phi) is 10.1. The summed E-state index contributed by atoms with van der Waals surface area (Å²) >= 11 is 0. The first kappa shape index (κ1) is 42.7. The second kappa shape index (κ2) is 15.9. The van der Waals surface area contributed by atoms with E-state index in [2.05, 4.69) is 231 Å². The Morgan fingerprint density at radius 2 is 0.687 bits per heavy atom. The molecule has 0 bridgehead atoms. The maximum absolute atomic E-state index is 2.46. The molecule has 0 aliphatic heterocycles. The van der Waals surface area contributed by atoms with Crippen LogP contribution in [0.2, 0.25) is 0 Å². The lowest BCUT2D eigenvalue weighted by Gasteiger charge is -2.21. The third-order valence-corrected chi connectivity index (χ3v) is 15.3. The molecule has 2 nitrogen and oxygen atoms in total. The first-order chi connectivity index (χ1) is 32.2. The molecule has 2 heteroatoms. The van der Waals surface area contributed by atoms with Crippen LogP contribution in [0.15, 0.2) is 146 Å². The van der Waals surface area contributed by atoms with Crippen LogP contribution in [0.5, 0.6) is 0 Å². The molecule has 9 aromatic carbocycles. The van der Waals surface area contributed by atoms with E-state index < -0.39 is 0 Å². The molecule has 332 valence electrons. The van der Waals surface area contributed by atoms with Crippen molar-refractivity contribution < 1.29 is 0 Å². The molecule has 0 saturated carbocycles. The average molecular weight is 871 g/mol. The van der Waals surface area contributed by atoms with Gasteiger partial charge in [-0.15, -0.1) is 0 Å². The fraction of sp³-hybridized carbons (Fsp3) is 0.231. The summed E-state index contributed by atoms with van der Waals surface area (Å²) in [5.41, 5.74) is 23.3. The Morgan fingerprint density at radius 1 is 0.358 bits per heavy atom. The van der Waals surface area contributed by atoms with Crippen molar-refractivity contribution in [3.8, 4) is 44.5 Å². The summed E-state index contributed by atoms with van der Waals surface area (Å²) in [7, 11) is 0. The summed E-state index contributed by atoms with van der Waals surface area (Å²) in [5, 5.41) is 10.5. The second-order valence-corrected chi connectivity index (χ2v) is 20.7. The van der Waals surface area contributed by atoms with Crippen LogP contribution in [-0.2, 0) is 18.5 Å². The maximum atomic E-state index is 2.46. The van der Waals surface area contributed by atoms with Gasteiger partial charge >= 0.3 is 0 Å². The summed E-state index contributed by atoms with van der Waals surface area (Å²) < 4.78 is 4.92. The summed E-state index contributed by atoms with van der Waals surface area (Å²) in [6.07, 6.45) is 0. The summed E-state index contributed by atoms with van der Waals surface area (Å²) in [5.74, 6) is 0.484. The standard InChI is InChI=1S/C65H62N2/c1-12-66-59-26-22-47(38(3)4)34-51(59)52-35-48(23-27-60(52)66)43-14-18-45(19-15-43)63-55-30-39(5)41(7)32-57(55)64(58-33-42(8)40(6)31-56(58)63)46-20-16-44(17-21-46)49-24-28-61-53(36-49)54-37-50(65(9,10)11)25-29-62(54)67(61)13-2/h14-38H,12-13H2,1-11H3. The highest BCUT2D eigenvalue weighted by atomic mass is 15.0. The van der Waals surface area contributed by atoms with Gasteiger partial charge in [-0.1, -0.05) is 132 Å². The van der Waals surface area contributed by atoms with E-state index in [1.54, 1.807) is 0 Å². The highest BCUT2D eigenvalue weighted by molar-refractivity contribution is 6.22. The number of rotatable bonds is 7. The van der Waals surface area contributed by atoms with Crippen LogP contribution in [0.3, 0.4) is 0 Å². The topological polar surface area (TPSA) is 9.86 Å². The van der Waals surface area contributed by atoms with Gasteiger partial charge in [-0.25, -0.2) is 0 Å². The van der Waals surface area contributed by atoms with Gasteiger partial charge in [0.1, 0.15) is 0 Å². The minimum atomic E-state index is 0.0841. The van der Waals surface area contributed by atoms with Crippen LogP contribution < -0.4 is 0 Å². The molecular weight excluding hydrogens is 809 g/mol. The second-order valence-electron chi connectivity index (χ2n) is 20.7. The van der Waals surface area contributed by atoms with Crippen molar-refractivity contribution in [1.82, 2.24) is 9.13 Å². The van der Waals surface area contributed by atoms with Crippen LogP contribution >= 0.6 is 0 Å². The van der Waals surface area contributed by atoms with Crippen LogP contribution in [-0.4, -0.2) is 9.13 Å². The number of hydrogen-bond donors (Lipinski definition) is 0. The van der Waals surface area contributed by atoms with Gasteiger partial charge in [0, 0.05) is 56.7 Å². The van der Waals surface area contributed by atoms with Crippen LogP contribution in [0.1, 0.15) is 87.8 Å². The highest BCUT2D eigenvalue weighted by Crippen LogP contribution is 2.46. The predicted octanol–water partition coefficient (Wildman–Crippen LogP) is 18.6. The fourth-order valence-electron chi connectivity index (χ4n) is 11.1. The molecule has 0 fully saturated rings. The van der Waals surface area contributed by atoms with E-state index in [1.165, 1.54) is 143 Å². The normalized spacial score (nSPS) is 12.4. The Balaban J connectivity index is 1.04. The molecule has 67 heavy (non-hydrogen) atoms. The van der Waals surface area contributed by atoms with E-state index in [0.717, 1.165) is 13.1 Å². The van der Waals surface area contributed by atoms with Gasteiger partial charge in [0.25, 0.3) is 0 Å². The molecule has 0 unspecified atom stereocenters. The van der Waals surface area contributed by atoms with Crippen LogP contribution in [0.4, 0.5) is 0 Å². The first-order valence-corrected chi connectivity index (χ1v) is 24.5. The smallest absolute Gasteiger partial charge is 0.0491 e. The molecule has 0 spiro atoms. The number of benzene rings is 9. The molecule has 2 aromatic heterocycles. The van der Waals surface area contributed by atoms with E-state index in [0.29, 0.717) is 5.92 Å². The molecule has 0 aliphatic carbocycles. The lowest BCUT2D eigenvalue weighted by molar-refractivity contribution is 0.591. The number of aromatic nitrogens is 2. The zero-order chi connectivity index (χ0) is 46.6. The van der Waals surface area contributed by atoms with Gasteiger partial charge in [0.2, 0.25) is 0 Å². The van der Waals surface area contributed by atoms with Crippen molar-refractivity contribution in [2.24, 2.45) is 0 Å². The third kappa shape index (κ3) is 6.90. The van der Waals surface area contributed by atoms with Crippen LogP contribution in [0.25, 0.3) is 110 Å². The number of hydrogen-bond acceptors (Lipinski definition) is 0. The Morgan fingerprint density at radius 3 is 1.06 bits per heavy atom. The fourth-order valence-corrected chi connectivity index (χ4v) is 11.1. The molecular formula is C65H62N2. The number of nitrogens with zero attached hydrogens (tertiary/aromatic N) is 2. The SMILES string of the molecule is CCn1c2ccc(-c3ccc(-c4c5cc(C)c(C)cc5c(-c5ccc(-c6ccc7c(c6)c6cc(C(C)(C)C)ccc6n7CC)cc5)c5cc(C)c(C)cc45)cc3)cc2c2cc(C(C)C)ccc21. The highest BCUT2D eigenvalue weighted by Gasteiger charge is 2.21. The van der Waals surface area contributed by atoms with Crippen molar-refractivity contribution >= 4 is 65.2 Å². The van der Waals surface area contributed by atoms with E-state index in [-0.39, 0.29) is 5.41 Å². The number of fused-ring (bicyclic) bond motifs is 8.